The Bertz CT molecular complexity index is 255. The Hall–Kier alpha value is 0.150. The summed E-state index contributed by atoms with van der Waals surface area (Å²) in [6.45, 7) is 0. The van der Waals surface area contributed by atoms with Crippen LogP contribution < -0.4 is 0 Å². The molecule has 94 valence electrons. The van der Waals surface area contributed by atoms with E-state index in [2.05, 4.69) is 0 Å². The highest BCUT2D eigenvalue weighted by molar-refractivity contribution is 7.54. The van der Waals surface area contributed by atoms with E-state index in [1.807, 2.05) is 0 Å². The Morgan fingerprint density at radius 3 is 2.06 bits per heavy atom. The van der Waals surface area contributed by atoms with Crippen LogP contribution in [0.5, 0.6) is 0 Å². The molecular formula is C12H23O3P. The lowest BCUT2D eigenvalue weighted by atomic mass is 10.0. The van der Waals surface area contributed by atoms with Crippen molar-refractivity contribution in [2.24, 2.45) is 0 Å². The smallest absolute Gasteiger partial charge is 0.312 e. The maximum atomic E-state index is 12.6. The molecular weight excluding hydrogens is 223 g/mol. The molecule has 0 aromatic carbocycles. The average Bonchev–Trinajstić information content (AvgIpc) is 2.83. The Labute approximate surface area is 98.4 Å². The van der Waals surface area contributed by atoms with Gasteiger partial charge in [-0.2, -0.15) is 0 Å². The van der Waals surface area contributed by atoms with Gasteiger partial charge in [-0.15, -0.1) is 0 Å². The van der Waals surface area contributed by atoms with Crippen molar-refractivity contribution < 1.29 is 13.6 Å². The summed E-state index contributed by atoms with van der Waals surface area (Å²) in [7, 11) is -1.28. The molecule has 0 spiro atoms. The van der Waals surface area contributed by atoms with E-state index in [-0.39, 0.29) is 11.8 Å². The predicted molar refractivity (Wildman–Crippen MR) is 64.8 cm³/mol. The molecule has 2 saturated carbocycles. The third-order valence-electron chi connectivity index (χ3n) is 3.87. The van der Waals surface area contributed by atoms with Gasteiger partial charge in [0.2, 0.25) is 0 Å². The van der Waals surface area contributed by atoms with Gasteiger partial charge in [-0.25, -0.2) is 0 Å². The summed E-state index contributed by atoms with van der Waals surface area (Å²) < 4.78 is 23.7. The van der Waals surface area contributed by atoms with E-state index in [1.54, 1.807) is 7.11 Å². The van der Waals surface area contributed by atoms with E-state index in [0.29, 0.717) is 0 Å². The van der Waals surface area contributed by atoms with E-state index in [1.165, 1.54) is 32.1 Å². The molecule has 0 heterocycles. The van der Waals surface area contributed by atoms with Crippen molar-refractivity contribution >= 4 is 7.60 Å². The first-order chi connectivity index (χ1) is 7.74. The van der Waals surface area contributed by atoms with Crippen molar-refractivity contribution in [3.63, 3.8) is 0 Å². The quantitative estimate of drug-likeness (QED) is 0.700. The lowest BCUT2D eigenvalue weighted by Gasteiger charge is -2.30. The van der Waals surface area contributed by atoms with E-state index in [0.717, 1.165) is 25.7 Å². The Balaban J connectivity index is 1.96. The second-order valence-electron chi connectivity index (χ2n) is 5.03. The lowest BCUT2D eigenvalue weighted by Crippen LogP contribution is -2.19. The second kappa shape index (κ2) is 5.66. The molecule has 2 aliphatic rings. The van der Waals surface area contributed by atoms with Crippen LogP contribution >= 0.6 is 7.60 Å². The van der Waals surface area contributed by atoms with Gasteiger partial charge in [0.05, 0.1) is 11.8 Å². The van der Waals surface area contributed by atoms with Gasteiger partial charge in [-0.3, -0.25) is 4.57 Å². The third kappa shape index (κ3) is 2.88. The number of rotatable bonds is 4. The summed E-state index contributed by atoms with van der Waals surface area (Å²) in [5.74, 6) is 0. The fourth-order valence-electron chi connectivity index (χ4n) is 2.88. The van der Waals surface area contributed by atoms with E-state index in [4.69, 9.17) is 9.05 Å². The van der Waals surface area contributed by atoms with E-state index in [9.17, 15) is 4.57 Å². The minimum Gasteiger partial charge on any atom is -0.312 e. The van der Waals surface area contributed by atoms with Gasteiger partial charge >= 0.3 is 7.60 Å². The molecule has 0 bridgehead atoms. The van der Waals surface area contributed by atoms with Crippen molar-refractivity contribution in [3.8, 4) is 0 Å². The Morgan fingerprint density at radius 1 is 0.938 bits per heavy atom. The van der Waals surface area contributed by atoms with Gasteiger partial charge in [-0.05, 0) is 25.7 Å². The summed E-state index contributed by atoms with van der Waals surface area (Å²) in [6.07, 6.45) is 10.4. The van der Waals surface area contributed by atoms with Crippen molar-refractivity contribution in [1.82, 2.24) is 0 Å². The van der Waals surface area contributed by atoms with Crippen molar-refractivity contribution in [3.05, 3.63) is 0 Å². The van der Waals surface area contributed by atoms with Crippen LogP contribution in [0.1, 0.15) is 57.8 Å². The zero-order valence-electron chi connectivity index (χ0n) is 10.2. The summed E-state index contributed by atoms with van der Waals surface area (Å²) in [4.78, 5) is 0. The van der Waals surface area contributed by atoms with E-state index >= 15 is 0 Å². The van der Waals surface area contributed by atoms with Gasteiger partial charge in [-0.1, -0.05) is 32.1 Å². The van der Waals surface area contributed by atoms with Gasteiger partial charge in [0.1, 0.15) is 0 Å². The molecule has 1 atom stereocenters. The van der Waals surface area contributed by atoms with Crippen LogP contribution in [0.3, 0.4) is 0 Å². The standard InChI is InChI=1S/C12H23O3P/c1-14-16(13,12-9-3-2-4-10-12)15-11-7-5-6-8-11/h11-12H,2-10H2,1H3. The monoisotopic (exact) mass is 246 g/mol. The third-order valence-corrected chi connectivity index (χ3v) is 6.39. The van der Waals surface area contributed by atoms with Gasteiger partial charge < -0.3 is 9.05 Å². The molecule has 0 aromatic heterocycles. The second-order valence-corrected chi connectivity index (χ2v) is 7.41. The van der Waals surface area contributed by atoms with Crippen LogP contribution in [0.15, 0.2) is 0 Å². The molecule has 2 fully saturated rings. The highest BCUT2D eigenvalue weighted by Crippen LogP contribution is 2.58. The normalized spacial score (nSPS) is 28.1. The molecule has 0 N–H and O–H groups in total. The predicted octanol–water partition coefficient (Wildman–Crippen LogP) is 4.12. The fraction of sp³-hybridized carbons (Fsp3) is 1.00. The van der Waals surface area contributed by atoms with Crippen LogP contribution in [0.25, 0.3) is 0 Å². The van der Waals surface area contributed by atoms with Crippen LogP contribution in [0.4, 0.5) is 0 Å². The summed E-state index contributed by atoms with van der Waals surface area (Å²) in [6, 6.07) is 0. The van der Waals surface area contributed by atoms with Crippen LogP contribution in [-0.2, 0) is 13.6 Å². The molecule has 16 heavy (non-hydrogen) atoms. The Kier molecular flexibility index (Phi) is 4.46. The average molecular weight is 246 g/mol. The molecule has 2 rings (SSSR count). The maximum absolute atomic E-state index is 12.6. The summed E-state index contributed by atoms with van der Waals surface area (Å²) in [5.41, 5.74) is 0.159. The first kappa shape index (κ1) is 12.6. The lowest BCUT2D eigenvalue weighted by molar-refractivity contribution is 0.156. The summed E-state index contributed by atoms with van der Waals surface area (Å²) >= 11 is 0. The molecule has 3 nitrogen and oxygen atoms in total. The molecule has 1 unspecified atom stereocenters. The topological polar surface area (TPSA) is 35.5 Å². The molecule has 4 heteroatoms. The van der Waals surface area contributed by atoms with Gasteiger partial charge in [0.25, 0.3) is 0 Å². The van der Waals surface area contributed by atoms with Crippen molar-refractivity contribution in [1.29, 1.82) is 0 Å². The number of hydrogen-bond donors (Lipinski definition) is 0. The fourth-order valence-corrected chi connectivity index (χ4v) is 5.06. The minimum absolute atomic E-state index is 0.159. The van der Waals surface area contributed by atoms with Crippen LogP contribution in [0.2, 0.25) is 0 Å². The first-order valence-electron chi connectivity index (χ1n) is 6.58. The molecule has 0 aliphatic heterocycles. The van der Waals surface area contributed by atoms with Crippen LogP contribution in [0, 0.1) is 0 Å². The summed E-state index contributed by atoms with van der Waals surface area (Å²) in [5, 5.41) is 0. The van der Waals surface area contributed by atoms with Gasteiger partial charge in [0.15, 0.2) is 0 Å². The highest BCUT2D eigenvalue weighted by atomic mass is 31.2. The molecule has 0 radical (unpaired) electrons. The first-order valence-corrected chi connectivity index (χ1v) is 8.19. The van der Waals surface area contributed by atoms with Gasteiger partial charge in [0, 0.05) is 7.11 Å². The minimum atomic E-state index is -2.82. The molecule has 0 aromatic rings. The Morgan fingerprint density at radius 2 is 1.50 bits per heavy atom. The molecule has 2 aliphatic carbocycles. The van der Waals surface area contributed by atoms with E-state index < -0.39 is 7.60 Å². The van der Waals surface area contributed by atoms with Crippen LogP contribution in [-0.4, -0.2) is 18.9 Å². The molecule has 0 saturated heterocycles. The largest absolute Gasteiger partial charge is 0.333 e. The maximum Gasteiger partial charge on any atom is 0.333 e. The number of hydrogen-bond acceptors (Lipinski definition) is 3. The van der Waals surface area contributed by atoms with Crippen molar-refractivity contribution in [2.75, 3.05) is 7.11 Å². The zero-order valence-corrected chi connectivity index (χ0v) is 11.1. The SMILES string of the molecule is COP(=O)(OC1CCCC1)C1CCCCC1. The zero-order chi connectivity index (χ0) is 11.4. The highest BCUT2D eigenvalue weighted by Gasteiger charge is 2.38. The molecule has 0 amide bonds. The van der Waals surface area contributed by atoms with Crippen molar-refractivity contribution in [2.45, 2.75) is 69.6 Å².